The van der Waals surface area contributed by atoms with Crippen molar-refractivity contribution in [3.8, 4) is 0 Å². The first-order valence-electron chi connectivity index (χ1n) is 6.89. The molecule has 1 aromatic heterocycles. The van der Waals surface area contributed by atoms with Crippen LogP contribution >= 0.6 is 0 Å². The summed E-state index contributed by atoms with van der Waals surface area (Å²) in [6.07, 6.45) is 8.79. The summed E-state index contributed by atoms with van der Waals surface area (Å²) in [5.74, 6) is 0. The minimum absolute atomic E-state index is 0.0618. The zero-order chi connectivity index (χ0) is 13.5. The van der Waals surface area contributed by atoms with Crippen LogP contribution in [0.5, 0.6) is 0 Å². The Morgan fingerprint density at radius 3 is 2.84 bits per heavy atom. The molecular weight excluding hydrogens is 262 g/mol. The van der Waals surface area contributed by atoms with Gasteiger partial charge in [-0.25, -0.2) is 13.1 Å². The van der Waals surface area contributed by atoms with Gasteiger partial charge in [0.05, 0.1) is 4.90 Å². The molecule has 1 atom stereocenters. The van der Waals surface area contributed by atoms with Crippen molar-refractivity contribution >= 4 is 10.0 Å². The van der Waals surface area contributed by atoms with Crippen molar-refractivity contribution < 1.29 is 8.42 Å². The standard InChI is InChI=1S/C13H21N3O2S/c1-16-8-4-12(10-16)19(17,18)15-11-3-7-14-13(9-11)5-2-6-13/h4,8,10-11,14-15H,2-3,5-7,9H2,1H3. The summed E-state index contributed by atoms with van der Waals surface area (Å²) in [6, 6.07) is 1.70. The van der Waals surface area contributed by atoms with Crippen molar-refractivity contribution in [2.75, 3.05) is 6.54 Å². The predicted molar refractivity (Wildman–Crippen MR) is 73.3 cm³/mol. The van der Waals surface area contributed by atoms with Gasteiger partial charge in [0.15, 0.2) is 0 Å². The number of nitrogens with zero attached hydrogens (tertiary/aromatic N) is 1. The number of nitrogens with one attached hydrogen (secondary N) is 2. The van der Waals surface area contributed by atoms with Gasteiger partial charge in [-0.1, -0.05) is 0 Å². The summed E-state index contributed by atoms with van der Waals surface area (Å²) in [7, 11) is -1.55. The lowest BCUT2D eigenvalue weighted by molar-refractivity contribution is 0.126. The van der Waals surface area contributed by atoms with Gasteiger partial charge < -0.3 is 9.88 Å². The number of aromatic nitrogens is 1. The van der Waals surface area contributed by atoms with Crippen LogP contribution in [0, 0.1) is 0 Å². The van der Waals surface area contributed by atoms with E-state index in [2.05, 4.69) is 10.0 Å². The second-order valence-electron chi connectivity index (χ2n) is 5.88. The van der Waals surface area contributed by atoms with Crippen molar-refractivity contribution in [1.82, 2.24) is 14.6 Å². The van der Waals surface area contributed by atoms with Crippen LogP contribution in [0.4, 0.5) is 0 Å². The number of piperidine rings is 1. The SMILES string of the molecule is Cn1ccc(S(=O)(=O)NC2CCNC3(CCC3)C2)c1. The molecule has 19 heavy (non-hydrogen) atoms. The van der Waals surface area contributed by atoms with Crippen molar-refractivity contribution in [2.24, 2.45) is 7.05 Å². The molecule has 1 aliphatic carbocycles. The fraction of sp³-hybridized carbons (Fsp3) is 0.692. The van der Waals surface area contributed by atoms with E-state index in [-0.39, 0.29) is 11.6 Å². The zero-order valence-electron chi connectivity index (χ0n) is 11.2. The lowest BCUT2D eigenvalue weighted by Gasteiger charge is -2.48. The Kier molecular flexibility index (Phi) is 3.19. The minimum atomic E-state index is -3.37. The average molecular weight is 283 g/mol. The van der Waals surface area contributed by atoms with E-state index in [0.29, 0.717) is 4.90 Å². The van der Waals surface area contributed by atoms with Gasteiger partial charge in [-0.05, 0) is 44.7 Å². The topological polar surface area (TPSA) is 63.1 Å². The molecule has 2 heterocycles. The van der Waals surface area contributed by atoms with E-state index < -0.39 is 10.0 Å². The molecule has 0 bridgehead atoms. The molecule has 0 amide bonds. The van der Waals surface area contributed by atoms with E-state index in [0.717, 1.165) is 19.4 Å². The van der Waals surface area contributed by atoms with E-state index in [4.69, 9.17) is 0 Å². The van der Waals surface area contributed by atoms with Gasteiger partial charge in [0.25, 0.3) is 0 Å². The summed E-state index contributed by atoms with van der Waals surface area (Å²) in [4.78, 5) is 0.358. The summed E-state index contributed by atoms with van der Waals surface area (Å²) in [6.45, 7) is 0.905. The largest absolute Gasteiger partial charge is 0.356 e. The molecule has 5 nitrogen and oxygen atoms in total. The molecule has 1 unspecified atom stereocenters. The molecule has 2 fully saturated rings. The maximum Gasteiger partial charge on any atom is 0.242 e. The quantitative estimate of drug-likeness (QED) is 0.869. The highest BCUT2D eigenvalue weighted by atomic mass is 32.2. The van der Waals surface area contributed by atoms with Crippen LogP contribution in [0.15, 0.2) is 23.4 Å². The average Bonchev–Trinajstić information content (AvgIpc) is 2.74. The fourth-order valence-corrected chi connectivity index (χ4v) is 4.49. The van der Waals surface area contributed by atoms with Gasteiger partial charge in [0, 0.05) is 31.0 Å². The Bertz CT molecular complexity index is 560. The monoisotopic (exact) mass is 283 g/mol. The van der Waals surface area contributed by atoms with Crippen LogP contribution < -0.4 is 10.0 Å². The van der Waals surface area contributed by atoms with Crippen LogP contribution in [0.1, 0.15) is 32.1 Å². The number of aryl methyl sites for hydroxylation is 1. The Labute approximate surface area is 114 Å². The normalized spacial score (nSPS) is 26.3. The summed E-state index contributed by atoms with van der Waals surface area (Å²) in [5, 5.41) is 3.55. The first-order chi connectivity index (χ1) is 8.99. The molecule has 0 aromatic carbocycles. The molecule has 6 heteroatoms. The molecule has 1 saturated carbocycles. The molecule has 1 aromatic rings. The number of rotatable bonds is 3. The highest BCUT2D eigenvalue weighted by Crippen LogP contribution is 2.38. The van der Waals surface area contributed by atoms with E-state index >= 15 is 0 Å². The van der Waals surface area contributed by atoms with Gasteiger partial charge in [-0.3, -0.25) is 0 Å². The van der Waals surface area contributed by atoms with Gasteiger partial charge in [0.2, 0.25) is 10.0 Å². The van der Waals surface area contributed by atoms with Gasteiger partial charge in [-0.2, -0.15) is 0 Å². The molecule has 1 spiro atoms. The maximum atomic E-state index is 12.3. The Morgan fingerprint density at radius 2 is 2.26 bits per heavy atom. The van der Waals surface area contributed by atoms with Crippen LogP contribution in [-0.4, -0.2) is 31.1 Å². The molecule has 0 radical (unpaired) electrons. The number of hydrogen-bond acceptors (Lipinski definition) is 3. The van der Waals surface area contributed by atoms with E-state index in [1.807, 2.05) is 7.05 Å². The summed E-state index contributed by atoms with van der Waals surface area (Å²) in [5.41, 5.74) is 0.210. The predicted octanol–water partition coefficient (Wildman–Crippen LogP) is 0.978. The fourth-order valence-electron chi connectivity index (χ4n) is 3.17. The second-order valence-corrected chi connectivity index (χ2v) is 7.60. The van der Waals surface area contributed by atoms with Crippen LogP contribution in [0.25, 0.3) is 0 Å². The third-order valence-corrected chi connectivity index (χ3v) is 5.88. The lowest BCUT2D eigenvalue weighted by Crippen LogP contribution is -2.59. The maximum absolute atomic E-state index is 12.3. The van der Waals surface area contributed by atoms with E-state index in [1.165, 1.54) is 19.3 Å². The van der Waals surface area contributed by atoms with Crippen LogP contribution in [0.2, 0.25) is 0 Å². The molecule has 1 saturated heterocycles. The minimum Gasteiger partial charge on any atom is -0.356 e. The number of sulfonamides is 1. The van der Waals surface area contributed by atoms with Crippen molar-refractivity contribution in [1.29, 1.82) is 0 Å². The molecule has 106 valence electrons. The van der Waals surface area contributed by atoms with Crippen LogP contribution in [-0.2, 0) is 17.1 Å². The Morgan fingerprint density at radius 1 is 1.47 bits per heavy atom. The van der Waals surface area contributed by atoms with E-state index in [9.17, 15) is 8.42 Å². The third-order valence-electron chi connectivity index (χ3n) is 4.38. The lowest BCUT2D eigenvalue weighted by atomic mass is 9.70. The highest BCUT2D eigenvalue weighted by molar-refractivity contribution is 7.89. The first kappa shape index (κ1) is 13.1. The van der Waals surface area contributed by atoms with Crippen molar-refractivity contribution in [3.05, 3.63) is 18.5 Å². The second kappa shape index (κ2) is 4.61. The van der Waals surface area contributed by atoms with Gasteiger partial charge in [0.1, 0.15) is 0 Å². The Hall–Kier alpha value is -0.850. The van der Waals surface area contributed by atoms with Crippen molar-refractivity contribution in [2.45, 2.75) is 48.6 Å². The molecule has 2 aliphatic rings. The molecular formula is C13H21N3O2S. The molecule has 3 rings (SSSR count). The van der Waals surface area contributed by atoms with Gasteiger partial charge >= 0.3 is 0 Å². The number of hydrogen-bond donors (Lipinski definition) is 2. The smallest absolute Gasteiger partial charge is 0.242 e. The molecule has 2 N–H and O–H groups in total. The van der Waals surface area contributed by atoms with E-state index in [1.54, 1.807) is 23.0 Å². The third kappa shape index (κ3) is 2.57. The molecule has 1 aliphatic heterocycles. The Balaban J connectivity index is 1.70. The summed E-state index contributed by atoms with van der Waals surface area (Å²) < 4.78 is 29.2. The van der Waals surface area contributed by atoms with Crippen LogP contribution in [0.3, 0.4) is 0 Å². The van der Waals surface area contributed by atoms with Gasteiger partial charge in [-0.15, -0.1) is 0 Å². The first-order valence-corrected chi connectivity index (χ1v) is 8.37. The summed E-state index contributed by atoms with van der Waals surface area (Å²) >= 11 is 0. The zero-order valence-corrected chi connectivity index (χ0v) is 12.0. The highest BCUT2D eigenvalue weighted by Gasteiger charge is 2.41. The van der Waals surface area contributed by atoms with Crippen molar-refractivity contribution in [3.63, 3.8) is 0 Å².